The van der Waals surface area contributed by atoms with E-state index in [-0.39, 0.29) is 36.9 Å². The fourth-order valence-corrected chi connectivity index (χ4v) is 5.69. The topological polar surface area (TPSA) is 114 Å². The van der Waals surface area contributed by atoms with Gasteiger partial charge in [0.05, 0.1) is 5.92 Å². The van der Waals surface area contributed by atoms with Crippen LogP contribution in [0.4, 0.5) is 4.79 Å². The summed E-state index contributed by atoms with van der Waals surface area (Å²) in [6, 6.07) is 15.9. The molecule has 5 rings (SSSR count). The molecule has 0 unspecified atom stereocenters. The van der Waals surface area contributed by atoms with Crippen LogP contribution in [0.3, 0.4) is 0 Å². The fraction of sp³-hybridized carbons (Fsp3) is 0.444. The average Bonchev–Trinajstić information content (AvgIpc) is 3.59. The van der Waals surface area contributed by atoms with Gasteiger partial charge in [-0.3, -0.25) is 9.59 Å². The van der Waals surface area contributed by atoms with E-state index in [1.807, 2.05) is 24.3 Å². The number of rotatable bonds is 7. The van der Waals surface area contributed by atoms with Gasteiger partial charge in [-0.15, -0.1) is 0 Å². The van der Waals surface area contributed by atoms with E-state index in [2.05, 4.69) is 34.9 Å². The third-order valence-electron chi connectivity index (χ3n) is 7.49. The van der Waals surface area contributed by atoms with Crippen molar-refractivity contribution in [3.8, 4) is 11.1 Å². The first-order valence-electron chi connectivity index (χ1n) is 12.3. The number of carbonyl (C=O) groups excluding carboxylic acids is 2. The van der Waals surface area contributed by atoms with Crippen LogP contribution in [0.15, 0.2) is 48.5 Å². The maximum Gasteiger partial charge on any atom is 0.407 e. The zero-order valence-corrected chi connectivity index (χ0v) is 19.4. The van der Waals surface area contributed by atoms with Crippen molar-refractivity contribution >= 4 is 18.0 Å². The highest BCUT2D eigenvalue weighted by molar-refractivity contribution is 5.83. The number of carbonyl (C=O) groups is 3. The molecule has 2 aliphatic carbocycles. The van der Waals surface area contributed by atoms with Gasteiger partial charge in [0.25, 0.3) is 0 Å². The summed E-state index contributed by atoms with van der Waals surface area (Å²) in [6.07, 6.45) is 1.39. The summed E-state index contributed by atoms with van der Waals surface area (Å²) in [5.74, 6) is -1.96. The fourth-order valence-electron chi connectivity index (χ4n) is 5.69. The van der Waals surface area contributed by atoms with E-state index in [0.29, 0.717) is 25.9 Å². The summed E-state index contributed by atoms with van der Waals surface area (Å²) in [6.45, 7) is 0.896. The third-order valence-corrected chi connectivity index (χ3v) is 7.49. The Morgan fingerprint density at radius 1 is 0.971 bits per heavy atom. The molecule has 1 heterocycles. The Bertz CT molecular complexity index is 1070. The van der Waals surface area contributed by atoms with Gasteiger partial charge in [0.15, 0.2) is 0 Å². The average molecular weight is 479 g/mol. The van der Waals surface area contributed by atoms with Crippen molar-refractivity contribution in [2.24, 2.45) is 11.8 Å². The molecule has 8 nitrogen and oxygen atoms in total. The molecule has 2 fully saturated rings. The molecule has 0 aromatic heterocycles. The Labute approximate surface area is 204 Å². The SMILES string of the molecule is O=C(NC[C@@H]1CCO[C@@H]1C(=O)N[C@@H]1CCC[C@@H]1C(=O)O)OCC1c2ccccc2-c2ccccc21. The molecule has 184 valence electrons. The molecule has 1 aliphatic heterocycles. The number of benzene rings is 2. The lowest BCUT2D eigenvalue weighted by atomic mass is 9.98. The van der Waals surface area contributed by atoms with Crippen molar-refractivity contribution in [2.75, 3.05) is 19.8 Å². The lowest BCUT2D eigenvalue weighted by molar-refractivity contribution is -0.142. The van der Waals surface area contributed by atoms with Gasteiger partial charge in [0, 0.05) is 31.0 Å². The number of carboxylic acid groups (broad SMARTS) is 1. The van der Waals surface area contributed by atoms with Crippen LogP contribution >= 0.6 is 0 Å². The van der Waals surface area contributed by atoms with E-state index in [4.69, 9.17) is 9.47 Å². The summed E-state index contributed by atoms with van der Waals surface area (Å²) in [5.41, 5.74) is 4.63. The van der Waals surface area contributed by atoms with Crippen LogP contribution in [0, 0.1) is 11.8 Å². The minimum Gasteiger partial charge on any atom is -0.481 e. The molecule has 8 heteroatoms. The van der Waals surface area contributed by atoms with Gasteiger partial charge in [-0.25, -0.2) is 4.79 Å². The quantitative estimate of drug-likeness (QED) is 0.563. The Hall–Kier alpha value is -3.39. The molecular weight excluding hydrogens is 448 g/mol. The summed E-state index contributed by atoms with van der Waals surface area (Å²) in [4.78, 5) is 36.7. The number of alkyl carbamates (subject to hydrolysis) is 1. The molecule has 4 atom stereocenters. The van der Waals surface area contributed by atoms with Gasteiger partial charge in [-0.2, -0.15) is 0 Å². The van der Waals surface area contributed by atoms with E-state index in [9.17, 15) is 19.5 Å². The van der Waals surface area contributed by atoms with E-state index in [0.717, 1.165) is 17.5 Å². The summed E-state index contributed by atoms with van der Waals surface area (Å²) >= 11 is 0. The van der Waals surface area contributed by atoms with Crippen LogP contribution in [-0.4, -0.2) is 55.0 Å². The highest BCUT2D eigenvalue weighted by Gasteiger charge is 2.39. The van der Waals surface area contributed by atoms with Gasteiger partial charge in [-0.05, 0) is 41.5 Å². The van der Waals surface area contributed by atoms with Crippen molar-refractivity contribution in [1.82, 2.24) is 10.6 Å². The Morgan fingerprint density at radius 3 is 2.34 bits per heavy atom. The smallest absolute Gasteiger partial charge is 0.407 e. The van der Waals surface area contributed by atoms with E-state index in [1.54, 1.807) is 0 Å². The minimum atomic E-state index is -0.881. The maximum absolute atomic E-state index is 12.8. The second kappa shape index (κ2) is 10.1. The Balaban J connectivity index is 1.14. The van der Waals surface area contributed by atoms with Crippen LogP contribution in [0.1, 0.15) is 42.7 Å². The normalized spacial score (nSPS) is 25.0. The predicted molar refractivity (Wildman–Crippen MR) is 128 cm³/mol. The lowest BCUT2D eigenvalue weighted by Gasteiger charge is -2.23. The predicted octanol–water partition coefficient (Wildman–Crippen LogP) is 3.30. The van der Waals surface area contributed by atoms with Crippen LogP contribution in [-0.2, 0) is 19.1 Å². The Kier molecular flexibility index (Phi) is 6.72. The van der Waals surface area contributed by atoms with E-state index >= 15 is 0 Å². The molecule has 2 aromatic carbocycles. The standard InChI is InChI=1S/C27H30N2O6/c30-25(29-23-11-5-10-21(23)26(31)32)24-16(12-13-34-24)14-28-27(33)35-15-22-19-8-3-1-6-17(19)18-7-2-4-9-20(18)22/h1-4,6-9,16,21-24H,5,10-15H2,(H,28,33)(H,29,30)(H,31,32)/t16-,21-,23+,24-/m0/s1. The number of hydrogen-bond donors (Lipinski definition) is 3. The zero-order chi connectivity index (χ0) is 24.4. The number of aliphatic carboxylic acids is 1. The first kappa shape index (κ1) is 23.4. The number of amides is 2. The highest BCUT2D eigenvalue weighted by Crippen LogP contribution is 2.44. The van der Waals surface area contributed by atoms with Crippen molar-refractivity contribution in [2.45, 2.75) is 43.7 Å². The van der Waals surface area contributed by atoms with Crippen LogP contribution in [0.5, 0.6) is 0 Å². The molecular formula is C27H30N2O6. The number of nitrogens with one attached hydrogen (secondary N) is 2. The van der Waals surface area contributed by atoms with Gasteiger partial charge in [-0.1, -0.05) is 55.0 Å². The minimum absolute atomic E-state index is 0.0184. The second-order valence-corrected chi connectivity index (χ2v) is 9.54. The summed E-state index contributed by atoms with van der Waals surface area (Å²) < 4.78 is 11.2. The van der Waals surface area contributed by atoms with Crippen molar-refractivity contribution in [1.29, 1.82) is 0 Å². The third kappa shape index (κ3) is 4.75. The van der Waals surface area contributed by atoms with Crippen molar-refractivity contribution < 1.29 is 29.0 Å². The van der Waals surface area contributed by atoms with Crippen molar-refractivity contribution in [3.63, 3.8) is 0 Å². The zero-order valence-electron chi connectivity index (χ0n) is 19.4. The highest BCUT2D eigenvalue weighted by atomic mass is 16.5. The second-order valence-electron chi connectivity index (χ2n) is 9.54. The first-order valence-corrected chi connectivity index (χ1v) is 12.3. The van der Waals surface area contributed by atoms with E-state index in [1.165, 1.54) is 11.1 Å². The molecule has 35 heavy (non-hydrogen) atoms. The van der Waals surface area contributed by atoms with Gasteiger partial charge in [0.2, 0.25) is 5.91 Å². The molecule has 2 aromatic rings. The molecule has 1 saturated heterocycles. The molecule has 3 aliphatic rings. The molecule has 3 N–H and O–H groups in total. The van der Waals surface area contributed by atoms with Gasteiger partial charge >= 0.3 is 12.1 Å². The van der Waals surface area contributed by atoms with Gasteiger partial charge in [0.1, 0.15) is 12.7 Å². The number of ether oxygens (including phenoxy) is 2. The largest absolute Gasteiger partial charge is 0.481 e. The van der Waals surface area contributed by atoms with Crippen LogP contribution in [0.25, 0.3) is 11.1 Å². The number of hydrogen-bond acceptors (Lipinski definition) is 5. The lowest BCUT2D eigenvalue weighted by Crippen LogP contribution is -2.48. The van der Waals surface area contributed by atoms with E-state index < -0.39 is 24.1 Å². The molecule has 2 amide bonds. The first-order chi connectivity index (χ1) is 17.0. The molecule has 0 radical (unpaired) electrons. The Morgan fingerprint density at radius 2 is 1.66 bits per heavy atom. The molecule has 0 spiro atoms. The summed E-state index contributed by atoms with van der Waals surface area (Å²) in [5, 5.41) is 15.0. The van der Waals surface area contributed by atoms with Crippen molar-refractivity contribution in [3.05, 3.63) is 59.7 Å². The summed E-state index contributed by atoms with van der Waals surface area (Å²) in [7, 11) is 0. The molecule has 1 saturated carbocycles. The maximum atomic E-state index is 12.8. The number of fused-ring (bicyclic) bond motifs is 3. The van der Waals surface area contributed by atoms with Crippen LogP contribution < -0.4 is 10.6 Å². The van der Waals surface area contributed by atoms with Crippen LogP contribution in [0.2, 0.25) is 0 Å². The molecule has 0 bridgehead atoms. The number of carboxylic acids is 1. The van der Waals surface area contributed by atoms with Gasteiger partial charge < -0.3 is 25.2 Å². The monoisotopic (exact) mass is 478 g/mol.